The molecule has 0 spiro atoms. The Balaban J connectivity index is 1.67. The molecule has 26 heavy (non-hydrogen) atoms. The summed E-state index contributed by atoms with van der Waals surface area (Å²) in [6.07, 6.45) is 4.30. The first kappa shape index (κ1) is 19.1. The summed E-state index contributed by atoms with van der Waals surface area (Å²) in [5.74, 6) is 0.203. The van der Waals surface area contributed by atoms with E-state index in [0.29, 0.717) is 35.3 Å². The van der Waals surface area contributed by atoms with Crippen LogP contribution in [0.1, 0.15) is 36.0 Å². The molecule has 2 atom stereocenters. The van der Waals surface area contributed by atoms with Crippen molar-refractivity contribution in [2.45, 2.75) is 25.7 Å². The van der Waals surface area contributed by atoms with Gasteiger partial charge < -0.3 is 20.7 Å². The smallest absolute Gasteiger partial charge is 0.252 e. The highest BCUT2D eigenvalue weighted by Crippen LogP contribution is 2.44. The number of benzene rings is 1. The molecule has 2 aliphatic rings. The third-order valence-corrected chi connectivity index (χ3v) is 5.87. The molecule has 6 nitrogen and oxygen atoms in total. The van der Waals surface area contributed by atoms with E-state index in [1.165, 1.54) is 6.42 Å². The molecule has 142 valence electrons. The maximum atomic E-state index is 13.0. The lowest BCUT2D eigenvalue weighted by atomic mass is 9.67. The van der Waals surface area contributed by atoms with Crippen LogP contribution < -0.4 is 16.0 Å². The average Bonchev–Trinajstić information content (AvgIpc) is 3.07. The molecule has 1 saturated heterocycles. The molecule has 7 heteroatoms. The zero-order chi connectivity index (χ0) is 18.6. The number of hydrogen-bond acceptors (Lipinski definition) is 4. The topological polar surface area (TPSA) is 79.5 Å². The highest BCUT2D eigenvalue weighted by atomic mass is 35.5. The van der Waals surface area contributed by atoms with Crippen molar-refractivity contribution in [3.05, 3.63) is 28.8 Å². The maximum Gasteiger partial charge on any atom is 0.252 e. The standard InChI is InChI=1S/C19H26ClN3O3/c1-26-9-8-22-17(24)15-6-5-14(10-16(15)20)23-18(25)19-7-3-2-4-13(19)11-21-12-19/h5-6,10,13,21H,2-4,7-9,11-12H2,1H3,(H,22,24)(H,23,25)/t13-,19+/m0/s1. The van der Waals surface area contributed by atoms with E-state index in [9.17, 15) is 9.59 Å². The predicted octanol–water partition coefficient (Wildman–Crippen LogP) is 2.43. The van der Waals surface area contributed by atoms with Crippen LogP contribution in [0.5, 0.6) is 0 Å². The SMILES string of the molecule is COCCNC(=O)c1ccc(NC(=O)[C@@]23CCCC[C@H]2CNC3)cc1Cl. The van der Waals surface area contributed by atoms with Gasteiger partial charge in [0.2, 0.25) is 5.91 Å². The fourth-order valence-corrected chi connectivity index (χ4v) is 4.35. The highest BCUT2D eigenvalue weighted by Gasteiger charge is 2.49. The molecule has 2 fully saturated rings. The number of nitrogens with one attached hydrogen (secondary N) is 3. The Labute approximate surface area is 159 Å². The molecule has 0 aromatic heterocycles. The number of ether oxygens (including phenoxy) is 1. The van der Waals surface area contributed by atoms with Crippen molar-refractivity contribution in [2.24, 2.45) is 11.3 Å². The first-order valence-corrected chi connectivity index (χ1v) is 9.53. The lowest BCUT2D eigenvalue weighted by molar-refractivity contribution is -0.128. The van der Waals surface area contributed by atoms with E-state index in [4.69, 9.17) is 16.3 Å². The summed E-state index contributed by atoms with van der Waals surface area (Å²) in [4.78, 5) is 25.1. The largest absolute Gasteiger partial charge is 0.383 e. The summed E-state index contributed by atoms with van der Waals surface area (Å²) < 4.78 is 4.91. The number of carbonyl (C=O) groups excluding carboxylic acids is 2. The van der Waals surface area contributed by atoms with E-state index in [-0.39, 0.29) is 17.2 Å². The molecule has 1 saturated carbocycles. The lowest BCUT2D eigenvalue weighted by Gasteiger charge is -2.37. The van der Waals surface area contributed by atoms with Gasteiger partial charge in [-0.15, -0.1) is 0 Å². The Morgan fingerprint density at radius 1 is 1.38 bits per heavy atom. The monoisotopic (exact) mass is 379 g/mol. The predicted molar refractivity (Wildman–Crippen MR) is 102 cm³/mol. The van der Waals surface area contributed by atoms with E-state index in [1.807, 2.05) is 0 Å². The second-order valence-corrected chi connectivity index (χ2v) is 7.53. The van der Waals surface area contributed by atoms with E-state index in [1.54, 1.807) is 25.3 Å². The third-order valence-electron chi connectivity index (χ3n) is 5.55. The minimum Gasteiger partial charge on any atom is -0.383 e. The first-order chi connectivity index (χ1) is 12.6. The zero-order valence-electron chi connectivity index (χ0n) is 15.1. The summed E-state index contributed by atoms with van der Waals surface area (Å²) in [7, 11) is 1.58. The van der Waals surface area contributed by atoms with Crippen LogP contribution in [0.2, 0.25) is 5.02 Å². The van der Waals surface area contributed by atoms with Gasteiger partial charge in [0.05, 0.1) is 22.6 Å². The normalized spacial score (nSPS) is 24.8. The van der Waals surface area contributed by atoms with Crippen LogP contribution in [0.15, 0.2) is 18.2 Å². The minimum absolute atomic E-state index is 0.0561. The van der Waals surface area contributed by atoms with E-state index < -0.39 is 0 Å². The summed E-state index contributed by atoms with van der Waals surface area (Å²) >= 11 is 6.26. The molecule has 3 N–H and O–H groups in total. The molecular weight excluding hydrogens is 354 g/mol. The second kappa shape index (κ2) is 8.37. The van der Waals surface area contributed by atoms with Crippen LogP contribution >= 0.6 is 11.6 Å². The number of halogens is 1. The number of anilines is 1. The Hall–Kier alpha value is -1.63. The molecule has 0 radical (unpaired) electrons. The highest BCUT2D eigenvalue weighted by molar-refractivity contribution is 6.34. The Kier molecular flexibility index (Phi) is 6.16. The van der Waals surface area contributed by atoms with Crippen molar-refractivity contribution >= 4 is 29.1 Å². The van der Waals surface area contributed by atoms with Gasteiger partial charge in [0.25, 0.3) is 5.91 Å². The molecule has 1 heterocycles. The molecular formula is C19H26ClN3O3. The minimum atomic E-state index is -0.319. The van der Waals surface area contributed by atoms with Crippen molar-refractivity contribution in [1.82, 2.24) is 10.6 Å². The maximum absolute atomic E-state index is 13.0. The van der Waals surface area contributed by atoms with Crippen LogP contribution in [0.25, 0.3) is 0 Å². The molecule has 2 amide bonds. The zero-order valence-corrected chi connectivity index (χ0v) is 15.8. The van der Waals surface area contributed by atoms with E-state index >= 15 is 0 Å². The summed E-state index contributed by atoms with van der Waals surface area (Å²) in [5.41, 5.74) is 0.692. The Morgan fingerprint density at radius 2 is 2.23 bits per heavy atom. The van der Waals surface area contributed by atoms with Gasteiger partial charge in [0.15, 0.2) is 0 Å². The number of amides is 2. The van der Waals surface area contributed by atoms with Crippen molar-refractivity contribution in [2.75, 3.05) is 38.7 Å². The molecule has 1 aliphatic carbocycles. The van der Waals surface area contributed by atoms with Gasteiger partial charge >= 0.3 is 0 Å². The van der Waals surface area contributed by atoms with Crippen LogP contribution in [0, 0.1) is 11.3 Å². The molecule has 3 rings (SSSR count). The summed E-state index contributed by atoms with van der Waals surface area (Å²) in [6, 6.07) is 5.01. The Bertz CT molecular complexity index is 682. The fourth-order valence-electron chi connectivity index (χ4n) is 4.08. The molecule has 1 aromatic carbocycles. The second-order valence-electron chi connectivity index (χ2n) is 7.13. The number of fused-ring (bicyclic) bond motifs is 1. The molecule has 1 aliphatic heterocycles. The number of hydrogen-bond donors (Lipinski definition) is 3. The van der Waals surface area contributed by atoms with Gasteiger partial charge in [0, 0.05) is 25.9 Å². The number of methoxy groups -OCH3 is 1. The quantitative estimate of drug-likeness (QED) is 0.663. The Morgan fingerprint density at radius 3 is 3.00 bits per heavy atom. The van der Waals surface area contributed by atoms with E-state index in [0.717, 1.165) is 32.4 Å². The van der Waals surface area contributed by atoms with Crippen molar-refractivity contribution in [3.63, 3.8) is 0 Å². The van der Waals surface area contributed by atoms with Crippen LogP contribution in [0.3, 0.4) is 0 Å². The molecule has 1 aromatic rings. The van der Waals surface area contributed by atoms with Gasteiger partial charge in [-0.1, -0.05) is 24.4 Å². The van der Waals surface area contributed by atoms with Crippen molar-refractivity contribution in [1.29, 1.82) is 0 Å². The van der Waals surface area contributed by atoms with Crippen molar-refractivity contribution < 1.29 is 14.3 Å². The van der Waals surface area contributed by atoms with Crippen LogP contribution in [0.4, 0.5) is 5.69 Å². The third kappa shape index (κ3) is 3.87. The fraction of sp³-hybridized carbons (Fsp3) is 0.579. The lowest BCUT2D eigenvalue weighted by Crippen LogP contribution is -2.44. The number of carbonyl (C=O) groups is 2. The molecule has 0 bridgehead atoms. The van der Waals surface area contributed by atoms with E-state index in [2.05, 4.69) is 16.0 Å². The van der Waals surface area contributed by atoms with Gasteiger partial charge in [0.1, 0.15) is 0 Å². The summed E-state index contributed by atoms with van der Waals surface area (Å²) in [5, 5.41) is 9.46. The van der Waals surface area contributed by atoms with Crippen LogP contribution in [-0.4, -0.2) is 45.2 Å². The van der Waals surface area contributed by atoms with Gasteiger partial charge in [-0.25, -0.2) is 0 Å². The van der Waals surface area contributed by atoms with Crippen LogP contribution in [-0.2, 0) is 9.53 Å². The summed E-state index contributed by atoms with van der Waals surface area (Å²) in [6.45, 7) is 2.50. The van der Waals surface area contributed by atoms with Gasteiger partial charge in [-0.2, -0.15) is 0 Å². The van der Waals surface area contributed by atoms with Gasteiger partial charge in [-0.3, -0.25) is 9.59 Å². The van der Waals surface area contributed by atoms with Crippen molar-refractivity contribution in [3.8, 4) is 0 Å². The molecule has 0 unspecified atom stereocenters. The number of rotatable bonds is 6. The average molecular weight is 380 g/mol. The first-order valence-electron chi connectivity index (χ1n) is 9.16. The van der Waals surface area contributed by atoms with Gasteiger partial charge in [-0.05, 0) is 43.5 Å².